The molecular weight excluding hydrogens is 568 g/mol. The van der Waals surface area contributed by atoms with Crippen LogP contribution in [0.5, 0.6) is 0 Å². The van der Waals surface area contributed by atoms with Gasteiger partial charge in [0.25, 0.3) is 0 Å². The van der Waals surface area contributed by atoms with Crippen molar-refractivity contribution >= 4 is 11.6 Å². The Hall–Kier alpha value is -4.24. The van der Waals surface area contributed by atoms with Crippen molar-refractivity contribution in [3.8, 4) is 0 Å². The SMILES string of the molecule is CC(=O)/C(=C/C(=O)[C@@H](OCc1ccccc1)[C@H](OCc1ccccc1)[C@@H](COCc1ccccc1)OCc1ccccc1)CO. The largest absolute Gasteiger partial charge is 0.392 e. The summed E-state index contributed by atoms with van der Waals surface area (Å²) in [6.07, 6.45) is -1.72. The maximum absolute atomic E-state index is 13.9. The Labute approximate surface area is 265 Å². The van der Waals surface area contributed by atoms with E-state index in [1.165, 1.54) is 6.92 Å². The Kier molecular flexibility index (Phi) is 13.9. The van der Waals surface area contributed by atoms with E-state index in [9.17, 15) is 14.7 Å². The van der Waals surface area contributed by atoms with Gasteiger partial charge in [-0.3, -0.25) is 9.59 Å². The summed E-state index contributed by atoms with van der Waals surface area (Å²) in [5.41, 5.74) is 3.68. The van der Waals surface area contributed by atoms with E-state index in [1.54, 1.807) is 0 Å². The summed E-state index contributed by atoms with van der Waals surface area (Å²) in [7, 11) is 0. The first-order valence-corrected chi connectivity index (χ1v) is 15.0. The molecule has 0 unspecified atom stereocenters. The van der Waals surface area contributed by atoms with Crippen LogP contribution < -0.4 is 0 Å². The van der Waals surface area contributed by atoms with Crippen LogP contribution in [0.3, 0.4) is 0 Å². The van der Waals surface area contributed by atoms with Crippen LogP contribution in [0.4, 0.5) is 0 Å². The lowest BCUT2D eigenvalue weighted by atomic mass is 10.0. The quantitative estimate of drug-likeness (QED) is 0.130. The molecule has 0 heterocycles. The Morgan fingerprint density at radius 3 is 1.49 bits per heavy atom. The van der Waals surface area contributed by atoms with E-state index in [4.69, 9.17) is 18.9 Å². The summed E-state index contributed by atoms with van der Waals surface area (Å²) in [5.74, 6) is -0.919. The smallest absolute Gasteiger partial charge is 0.187 e. The van der Waals surface area contributed by atoms with Gasteiger partial charge in [-0.2, -0.15) is 0 Å². The normalized spacial score (nSPS) is 13.6. The minimum Gasteiger partial charge on any atom is -0.392 e. The van der Waals surface area contributed by atoms with Crippen LogP contribution >= 0.6 is 0 Å². The third-order valence-corrected chi connectivity index (χ3v) is 7.14. The second kappa shape index (κ2) is 18.5. The number of ether oxygens (including phenoxy) is 4. The third-order valence-electron chi connectivity index (χ3n) is 7.14. The second-order valence-corrected chi connectivity index (χ2v) is 10.6. The molecule has 7 heteroatoms. The lowest BCUT2D eigenvalue weighted by Gasteiger charge is -2.33. The monoisotopic (exact) mass is 608 g/mol. The van der Waals surface area contributed by atoms with Gasteiger partial charge < -0.3 is 24.1 Å². The van der Waals surface area contributed by atoms with Crippen LogP contribution in [0.25, 0.3) is 0 Å². The molecule has 7 nitrogen and oxygen atoms in total. The predicted molar refractivity (Wildman–Crippen MR) is 172 cm³/mol. The van der Waals surface area contributed by atoms with Crippen molar-refractivity contribution in [2.75, 3.05) is 13.2 Å². The van der Waals surface area contributed by atoms with Crippen molar-refractivity contribution in [1.82, 2.24) is 0 Å². The number of hydrogen-bond acceptors (Lipinski definition) is 7. The third kappa shape index (κ3) is 11.3. The van der Waals surface area contributed by atoms with Gasteiger partial charge in [-0.25, -0.2) is 0 Å². The van der Waals surface area contributed by atoms with Crippen LogP contribution in [0, 0.1) is 0 Å². The maximum Gasteiger partial charge on any atom is 0.187 e. The fourth-order valence-electron chi connectivity index (χ4n) is 4.65. The molecule has 4 aromatic carbocycles. The zero-order valence-electron chi connectivity index (χ0n) is 25.5. The fraction of sp³-hybridized carbons (Fsp3) is 0.263. The number of carbonyl (C=O) groups is 2. The van der Waals surface area contributed by atoms with Gasteiger partial charge in [0.2, 0.25) is 0 Å². The summed E-state index contributed by atoms with van der Waals surface area (Å²) >= 11 is 0. The molecule has 1 N–H and O–H groups in total. The van der Waals surface area contributed by atoms with Crippen LogP contribution in [0.1, 0.15) is 29.2 Å². The van der Waals surface area contributed by atoms with Gasteiger partial charge in [0.1, 0.15) is 18.3 Å². The molecule has 0 spiro atoms. The number of ketones is 2. The van der Waals surface area contributed by atoms with Gasteiger partial charge in [-0.15, -0.1) is 0 Å². The molecule has 0 radical (unpaired) electrons. The molecule has 4 aromatic rings. The summed E-state index contributed by atoms with van der Waals surface area (Å²) in [5, 5.41) is 9.81. The summed E-state index contributed by atoms with van der Waals surface area (Å²) in [4.78, 5) is 26.1. The first-order valence-electron chi connectivity index (χ1n) is 15.0. The molecule has 0 aromatic heterocycles. The summed E-state index contributed by atoms with van der Waals surface area (Å²) in [6.45, 7) is 1.70. The summed E-state index contributed by atoms with van der Waals surface area (Å²) in [6, 6.07) is 38.6. The highest BCUT2D eigenvalue weighted by atomic mass is 16.6. The Morgan fingerprint density at radius 2 is 1.04 bits per heavy atom. The van der Waals surface area contributed by atoms with Crippen LogP contribution in [-0.4, -0.2) is 48.2 Å². The molecule has 0 saturated heterocycles. The van der Waals surface area contributed by atoms with E-state index in [1.807, 2.05) is 121 Å². The van der Waals surface area contributed by atoms with Gasteiger partial charge >= 0.3 is 0 Å². The molecule has 0 aliphatic heterocycles. The number of benzene rings is 4. The zero-order valence-corrected chi connectivity index (χ0v) is 25.5. The van der Waals surface area contributed by atoms with E-state index < -0.39 is 36.5 Å². The van der Waals surface area contributed by atoms with Crippen molar-refractivity contribution in [3.05, 3.63) is 155 Å². The molecule has 3 atom stereocenters. The van der Waals surface area contributed by atoms with Gasteiger partial charge in [-0.05, 0) is 35.3 Å². The molecule has 0 aliphatic carbocycles. The van der Waals surface area contributed by atoms with Gasteiger partial charge in [0.15, 0.2) is 11.6 Å². The molecule has 0 amide bonds. The lowest BCUT2D eigenvalue weighted by Crippen LogP contribution is -2.48. The maximum atomic E-state index is 13.9. The van der Waals surface area contributed by atoms with Crippen molar-refractivity contribution in [3.63, 3.8) is 0 Å². The first-order chi connectivity index (χ1) is 22.0. The van der Waals surface area contributed by atoms with E-state index in [2.05, 4.69) is 0 Å². The number of rotatable bonds is 19. The standard InChI is InChI=1S/C38H40O7/c1-29(40)34(23-39)22-35(41)37(44-26-32-18-10-4-11-19-32)38(45-27-33-20-12-5-13-21-33)36(43-25-31-16-8-3-9-17-31)28-42-24-30-14-6-2-7-15-30/h2-22,36-39H,23-28H2,1H3/b34-22+/t36-,37-,38-/m1/s1. The van der Waals surface area contributed by atoms with Crippen molar-refractivity contribution in [2.45, 2.75) is 51.7 Å². The number of aliphatic hydroxyl groups excluding tert-OH is 1. The van der Waals surface area contributed by atoms with Gasteiger partial charge in [0, 0.05) is 5.57 Å². The molecule has 4 rings (SSSR count). The van der Waals surface area contributed by atoms with E-state index >= 15 is 0 Å². The molecule has 0 bridgehead atoms. The minimum absolute atomic E-state index is 0.0165. The highest BCUT2D eigenvalue weighted by Gasteiger charge is 2.37. The predicted octanol–water partition coefficient (Wildman–Crippen LogP) is 6.04. The van der Waals surface area contributed by atoms with Crippen LogP contribution in [0.2, 0.25) is 0 Å². The molecule has 0 fully saturated rings. The molecule has 45 heavy (non-hydrogen) atoms. The number of Topliss-reactive ketones (excluding diaryl/α,β-unsaturated/α-hetero) is 1. The van der Waals surface area contributed by atoms with E-state index in [0.29, 0.717) is 6.61 Å². The highest BCUT2D eigenvalue weighted by Crippen LogP contribution is 2.21. The van der Waals surface area contributed by atoms with Crippen molar-refractivity contribution in [1.29, 1.82) is 0 Å². The van der Waals surface area contributed by atoms with E-state index in [0.717, 1.165) is 28.3 Å². The lowest BCUT2D eigenvalue weighted by molar-refractivity contribution is -0.174. The number of carbonyl (C=O) groups excluding carboxylic acids is 2. The average molecular weight is 609 g/mol. The molecule has 0 aliphatic rings. The molecule has 0 saturated carbocycles. The Balaban J connectivity index is 1.68. The number of hydrogen-bond donors (Lipinski definition) is 1. The molecule has 234 valence electrons. The zero-order chi connectivity index (χ0) is 31.7. The average Bonchev–Trinajstić information content (AvgIpc) is 3.08. The second-order valence-electron chi connectivity index (χ2n) is 10.6. The minimum atomic E-state index is -1.18. The fourth-order valence-corrected chi connectivity index (χ4v) is 4.65. The first kappa shape index (κ1) is 33.6. The van der Waals surface area contributed by atoms with Gasteiger partial charge in [0.05, 0.1) is 39.6 Å². The topological polar surface area (TPSA) is 91.3 Å². The molecular formula is C38H40O7. The van der Waals surface area contributed by atoms with E-state index in [-0.39, 0.29) is 32.0 Å². The van der Waals surface area contributed by atoms with Crippen molar-refractivity contribution < 1.29 is 33.6 Å². The Bertz CT molecular complexity index is 1460. The van der Waals surface area contributed by atoms with Crippen molar-refractivity contribution in [2.24, 2.45) is 0 Å². The van der Waals surface area contributed by atoms with Gasteiger partial charge in [-0.1, -0.05) is 121 Å². The summed E-state index contributed by atoms with van der Waals surface area (Å²) < 4.78 is 25.4. The number of aliphatic hydroxyl groups is 1. The van der Waals surface area contributed by atoms with Crippen LogP contribution in [0.15, 0.2) is 133 Å². The Morgan fingerprint density at radius 1 is 0.622 bits per heavy atom. The highest BCUT2D eigenvalue weighted by molar-refractivity contribution is 6.03. The van der Waals surface area contributed by atoms with Crippen LogP contribution in [-0.2, 0) is 55.0 Å².